The summed E-state index contributed by atoms with van der Waals surface area (Å²) in [6, 6.07) is 8.58. The molecule has 0 N–H and O–H groups in total. The van der Waals surface area contributed by atoms with E-state index >= 15 is 0 Å². The van der Waals surface area contributed by atoms with Crippen molar-refractivity contribution in [3.8, 4) is 11.4 Å². The number of halogens is 1. The summed E-state index contributed by atoms with van der Waals surface area (Å²) in [6.07, 6.45) is -0.915. The summed E-state index contributed by atoms with van der Waals surface area (Å²) in [5.74, 6) is -1.02. The Bertz CT molecular complexity index is 1110. The van der Waals surface area contributed by atoms with Crippen LogP contribution < -0.4 is 4.90 Å². The number of hydrogen-bond donors (Lipinski definition) is 0. The number of nitro groups is 1. The van der Waals surface area contributed by atoms with Gasteiger partial charge in [0, 0.05) is 25.7 Å². The second-order valence-electron chi connectivity index (χ2n) is 6.82. The lowest BCUT2D eigenvalue weighted by atomic mass is 10.1. The van der Waals surface area contributed by atoms with Gasteiger partial charge in [-0.3, -0.25) is 10.1 Å². The van der Waals surface area contributed by atoms with E-state index in [4.69, 9.17) is 9.26 Å². The van der Waals surface area contributed by atoms with Crippen LogP contribution in [0.4, 0.5) is 15.8 Å². The standard InChI is InChI=1S/C20H19FN4O5/c1-11-5-6-13(9-15(11)21)18-22-19(30-23-18)12(2)29-20(26)14-7-8-16(24(3)4)17(10-14)25(27)28/h5-10,12H,1-4H3. The van der Waals surface area contributed by atoms with E-state index in [9.17, 15) is 19.3 Å². The first-order valence-corrected chi connectivity index (χ1v) is 8.94. The van der Waals surface area contributed by atoms with E-state index in [2.05, 4.69) is 10.1 Å². The Kier molecular flexibility index (Phi) is 5.77. The third-order valence-electron chi connectivity index (χ3n) is 4.39. The Morgan fingerprint density at radius 3 is 2.63 bits per heavy atom. The van der Waals surface area contributed by atoms with Gasteiger partial charge in [-0.25, -0.2) is 9.18 Å². The molecule has 2 aromatic carbocycles. The number of esters is 1. The number of rotatable bonds is 6. The highest BCUT2D eigenvalue weighted by atomic mass is 19.1. The highest BCUT2D eigenvalue weighted by Gasteiger charge is 2.23. The molecule has 3 aromatic rings. The van der Waals surface area contributed by atoms with E-state index in [1.54, 1.807) is 38.1 Å². The monoisotopic (exact) mass is 414 g/mol. The van der Waals surface area contributed by atoms with Crippen LogP contribution in [-0.4, -0.2) is 35.1 Å². The number of carbonyl (C=O) groups is 1. The largest absolute Gasteiger partial charge is 0.449 e. The van der Waals surface area contributed by atoms with E-state index in [0.29, 0.717) is 16.8 Å². The third-order valence-corrected chi connectivity index (χ3v) is 4.39. The second-order valence-corrected chi connectivity index (χ2v) is 6.82. The third kappa shape index (κ3) is 4.27. The lowest BCUT2D eigenvalue weighted by Crippen LogP contribution is -2.13. The Morgan fingerprint density at radius 1 is 1.27 bits per heavy atom. The minimum atomic E-state index is -0.915. The molecule has 0 bridgehead atoms. The first-order chi connectivity index (χ1) is 14.2. The molecule has 0 aliphatic rings. The fourth-order valence-electron chi connectivity index (χ4n) is 2.70. The summed E-state index contributed by atoms with van der Waals surface area (Å²) >= 11 is 0. The summed E-state index contributed by atoms with van der Waals surface area (Å²) in [7, 11) is 3.32. The molecule has 1 atom stereocenters. The first kappa shape index (κ1) is 20.9. The van der Waals surface area contributed by atoms with Crippen LogP contribution in [-0.2, 0) is 4.74 Å². The topological polar surface area (TPSA) is 112 Å². The fraction of sp³-hybridized carbons (Fsp3) is 0.250. The lowest BCUT2D eigenvalue weighted by molar-refractivity contribution is -0.384. The van der Waals surface area contributed by atoms with Crippen LogP contribution in [0.25, 0.3) is 11.4 Å². The lowest BCUT2D eigenvalue weighted by Gasteiger charge is -2.14. The number of hydrogen-bond acceptors (Lipinski definition) is 8. The number of aryl methyl sites for hydroxylation is 1. The highest BCUT2D eigenvalue weighted by Crippen LogP contribution is 2.29. The van der Waals surface area contributed by atoms with Crippen LogP contribution in [0.5, 0.6) is 0 Å². The van der Waals surface area contributed by atoms with Crippen LogP contribution in [0, 0.1) is 22.9 Å². The predicted octanol–water partition coefficient (Wildman–Crippen LogP) is 4.08. The molecule has 0 saturated carbocycles. The molecule has 3 rings (SSSR count). The van der Waals surface area contributed by atoms with Crippen molar-refractivity contribution in [3.63, 3.8) is 0 Å². The highest BCUT2D eigenvalue weighted by molar-refractivity contribution is 5.91. The number of nitrogens with zero attached hydrogens (tertiary/aromatic N) is 4. The molecule has 0 fully saturated rings. The van der Waals surface area contributed by atoms with Crippen molar-refractivity contribution < 1.29 is 23.4 Å². The molecule has 30 heavy (non-hydrogen) atoms. The van der Waals surface area contributed by atoms with Crippen LogP contribution in [0.1, 0.15) is 34.8 Å². The zero-order valence-electron chi connectivity index (χ0n) is 16.7. The van der Waals surface area contributed by atoms with Crippen molar-refractivity contribution in [1.29, 1.82) is 0 Å². The second kappa shape index (κ2) is 8.27. The van der Waals surface area contributed by atoms with Crippen LogP contribution in [0.2, 0.25) is 0 Å². The van der Waals surface area contributed by atoms with Gasteiger partial charge in [-0.05, 0) is 37.6 Å². The normalized spacial score (nSPS) is 11.8. The van der Waals surface area contributed by atoms with Crippen molar-refractivity contribution in [2.45, 2.75) is 20.0 Å². The Morgan fingerprint density at radius 2 is 2.00 bits per heavy atom. The molecular formula is C20H19FN4O5. The van der Waals surface area contributed by atoms with Gasteiger partial charge in [0.1, 0.15) is 11.5 Å². The molecule has 0 aliphatic carbocycles. The van der Waals surface area contributed by atoms with Gasteiger partial charge in [-0.1, -0.05) is 17.3 Å². The zero-order valence-corrected chi connectivity index (χ0v) is 16.7. The van der Waals surface area contributed by atoms with Gasteiger partial charge in [0.05, 0.1) is 10.5 Å². The van der Waals surface area contributed by atoms with E-state index in [0.717, 1.165) is 6.07 Å². The van der Waals surface area contributed by atoms with E-state index < -0.39 is 22.8 Å². The number of ether oxygens (including phenoxy) is 1. The Balaban J connectivity index is 1.78. The molecule has 0 spiro atoms. The van der Waals surface area contributed by atoms with Crippen LogP contribution in [0.3, 0.4) is 0 Å². The van der Waals surface area contributed by atoms with Gasteiger partial charge < -0.3 is 14.2 Å². The summed E-state index contributed by atoms with van der Waals surface area (Å²) in [6.45, 7) is 3.16. The van der Waals surface area contributed by atoms with Crippen LogP contribution in [0.15, 0.2) is 40.9 Å². The molecule has 0 amide bonds. The fourth-order valence-corrected chi connectivity index (χ4v) is 2.70. The quantitative estimate of drug-likeness (QED) is 0.337. The Labute approximate surface area is 171 Å². The first-order valence-electron chi connectivity index (χ1n) is 8.94. The zero-order chi connectivity index (χ0) is 22.0. The SMILES string of the molecule is Cc1ccc(-c2noc(C(C)OC(=O)c3ccc(N(C)C)c([N+](=O)[O-])c3)n2)cc1F. The van der Waals surface area contributed by atoms with Crippen LogP contribution >= 0.6 is 0 Å². The van der Waals surface area contributed by atoms with Gasteiger partial charge in [0.2, 0.25) is 5.82 Å². The van der Waals surface area contributed by atoms with Crippen molar-refractivity contribution in [3.05, 3.63) is 69.3 Å². The number of benzene rings is 2. The molecule has 0 aliphatic heterocycles. The van der Waals surface area contributed by atoms with Gasteiger partial charge in [-0.2, -0.15) is 4.98 Å². The summed E-state index contributed by atoms with van der Waals surface area (Å²) < 4.78 is 24.2. The van der Waals surface area contributed by atoms with Crippen molar-refractivity contribution in [2.24, 2.45) is 0 Å². The van der Waals surface area contributed by atoms with Crippen molar-refractivity contribution in [2.75, 3.05) is 19.0 Å². The number of carbonyl (C=O) groups excluding carboxylic acids is 1. The number of nitro benzene ring substituents is 1. The smallest absolute Gasteiger partial charge is 0.339 e. The Hall–Kier alpha value is -3.82. The van der Waals surface area contributed by atoms with Gasteiger partial charge in [-0.15, -0.1) is 0 Å². The molecule has 1 heterocycles. The molecule has 0 radical (unpaired) electrons. The molecule has 1 aromatic heterocycles. The molecule has 1 unspecified atom stereocenters. The maximum absolute atomic E-state index is 13.8. The average molecular weight is 414 g/mol. The minimum absolute atomic E-state index is 0.0127. The average Bonchev–Trinajstić information content (AvgIpc) is 3.19. The van der Waals surface area contributed by atoms with E-state index in [1.807, 2.05) is 0 Å². The van der Waals surface area contributed by atoms with Gasteiger partial charge in [0.25, 0.3) is 11.6 Å². The van der Waals surface area contributed by atoms with E-state index in [-0.39, 0.29) is 23.0 Å². The summed E-state index contributed by atoms with van der Waals surface area (Å²) in [5.41, 5.74) is 1.06. The van der Waals surface area contributed by atoms with Crippen molar-refractivity contribution >= 4 is 17.3 Å². The van der Waals surface area contributed by atoms with Crippen molar-refractivity contribution in [1.82, 2.24) is 10.1 Å². The molecule has 10 heteroatoms. The predicted molar refractivity (Wildman–Crippen MR) is 106 cm³/mol. The minimum Gasteiger partial charge on any atom is -0.449 e. The van der Waals surface area contributed by atoms with Gasteiger partial charge in [0.15, 0.2) is 6.10 Å². The van der Waals surface area contributed by atoms with E-state index in [1.165, 1.54) is 25.1 Å². The maximum atomic E-state index is 13.8. The molecular weight excluding hydrogens is 395 g/mol. The molecule has 0 saturated heterocycles. The van der Waals surface area contributed by atoms with Gasteiger partial charge >= 0.3 is 5.97 Å². The maximum Gasteiger partial charge on any atom is 0.339 e. The number of aromatic nitrogens is 2. The molecule has 9 nitrogen and oxygen atoms in total. The number of anilines is 1. The molecule has 156 valence electrons. The summed E-state index contributed by atoms with van der Waals surface area (Å²) in [4.78, 5) is 28.9. The summed E-state index contributed by atoms with van der Waals surface area (Å²) in [5, 5.41) is 15.1.